The van der Waals surface area contributed by atoms with Crippen molar-refractivity contribution in [3.8, 4) is 11.5 Å². The molecule has 2 aromatic rings. The van der Waals surface area contributed by atoms with Gasteiger partial charge in [0.15, 0.2) is 0 Å². The fourth-order valence-electron chi connectivity index (χ4n) is 4.45. The molecule has 2 bridgehead atoms. The molecule has 2 aliphatic heterocycles. The molecule has 2 aliphatic rings. The van der Waals surface area contributed by atoms with Gasteiger partial charge in [0, 0.05) is 12.1 Å². The fourth-order valence-corrected chi connectivity index (χ4v) is 4.45. The van der Waals surface area contributed by atoms with Crippen LogP contribution < -0.4 is 10.6 Å². The van der Waals surface area contributed by atoms with Crippen LogP contribution in [0.5, 0.6) is 11.5 Å². The monoisotopic (exact) mass is 462 g/mol. The van der Waals surface area contributed by atoms with Crippen molar-refractivity contribution >= 4 is 28.8 Å². The van der Waals surface area contributed by atoms with Gasteiger partial charge in [0.05, 0.1) is 5.69 Å². The van der Waals surface area contributed by atoms with Crippen molar-refractivity contribution in [3.63, 3.8) is 0 Å². The topological polar surface area (TPSA) is 90.8 Å². The van der Waals surface area contributed by atoms with Gasteiger partial charge in [0.2, 0.25) is 0 Å². The number of phenols is 2. The van der Waals surface area contributed by atoms with Gasteiger partial charge in [0.25, 0.3) is 0 Å². The Balaban J connectivity index is 0.00000240. The highest BCUT2D eigenvalue weighted by Gasteiger charge is 2.33. The minimum atomic E-state index is -0.643. The molecule has 156 valence electrons. The highest BCUT2D eigenvalue weighted by atomic mass is 79.9. The van der Waals surface area contributed by atoms with Gasteiger partial charge < -0.3 is 20.3 Å². The number of para-hydroxylation sites is 1. The molecule has 7 heteroatoms. The van der Waals surface area contributed by atoms with Gasteiger partial charge in [-0.1, -0.05) is 24.3 Å². The number of benzene rings is 2. The Hall–Kier alpha value is -2.25. The number of carbonyl (C=O) groups is 1. The first kappa shape index (κ1) is 21.5. The molecule has 2 saturated heterocycles. The minimum absolute atomic E-state index is 0. The Morgan fingerprint density at radius 2 is 1.83 bits per heavy atom. The highest BCUT2D eigenvalue weighted by molar-refractivity contribution is 8.93. The molecule has 0 aliphatic carbocycles. The fraction of sp³-hybridized carbons (Fsp3) is 0.409. The van der Waals surface area contributed by atoms with Crippen LogP contribution in [0.25, 0.3) is 0 Å². The zero-order valence-corrected chi connectivity index (χ0v) is 17.8. The van der Waals surface area contributed by atoms with Crippen LogP contribution in [0.15, 0.2) is 42.5 Å². The molecule has 2 atom stereocenters. The maximum absolute atomic E-state index is 12.1. The lowest BCUT2D eigenvalue weighted by Gasteiger charge is -2.29. The van der Waals surface area contributed by atoms with Crippen LogP contribution in [0.3, 0.4) is 0 Å². The number of carbonyl (C=O) groups excluding carboxylic acids is 1. The molecule has 29 heavy (non-hydrogen) atoms. The van der Waals surface area contributed by atoms with Crippen molar-refractivity contribution in [1.82, 2.24) is 5.32 Å². The molecular formula is C22H27BrN2O4. The maximum atomic E-state index is 12.1. The van der Waals surface area contributed by atoms with Gasteiger partial charge in [-0.2, -0.15) is 0 Å². The summed E-state index contributed by atoms with van der Waals surface area (Å²) in [6.07, 6.45) is 4.95. The Bertz CT molecular complexity index is 848. The second-order valence-corrected chi connectivity index (χ2v) is 7.86. The number of phenolic OH excluding ortho intramolecular Hbond substituents is 2. The molecule has 4 N–H and O–H groups in total. The number of aromatic hydroxyl groups is 2. The number of anilines is 1. The lowest BCUT2D eigenvalue weighted by molar-refractivity contribution is 0.155. The Morgan fingerprint density at radius 3 is 2.55 bits per heavy atom. The van der Waals surface area contributed by atoms with Crippen molar-refractivity contribution in [2.45, 2.75) is 50.8 Å². The van der Waals surface area contributed by atoms with E-state index in [9.17, 15) is 15.0 Å². The zero-order chi connectivity index (χ0) is 19.5. The number of rotatable bonds is 5. The van der Waals surface area contributed by atoms with Gasteiger partial charge in [-0.3, -0.25) is 5.32 Å². The molecule has 0 spiro atoms. The molecule has 0 aromatic heterocycles. The summed E-state index contributed by atoms with van der Waals surface area (Å²) in [5, 5.41) is 26.3. The second kappa shape index (κ2) is 9.50. The smallest absolute Gasteiger partial charge is 0.412 e. The summed E-state index contributed by atoms with van der Waals surface area (Å²) >= 11 is 0. The first-order chi connectivity index (χ1) is 13.6. The van der Waals surface area contributed by atoms with Crippen LogP contribution in [0.4, 0.5) is 10.5 Å². The van der Waals surface area contributed by atoms with Crippen molar-refractivity contribution in [3.05, 3.63) is 53.6 Å². The third-order valence-corrected chi connectivity index (χ3v) is 5.72. The largest absolute Gasteiger partial charge is 0.508 e. The number of ether oxygens (including phenoxy) is 1. The van der Waals surface area contributed by atoms with Crippen molar-refractivity contribution in [2.75, 3.05) is 5.32 Å². The number of halogens is 1. The van der Waals surface area contributed by atoms with Crippen LogP contribution in [-0.4, -0.2) is 28.4 Å². The van der Waals surface area contributed by atoms with Crippen molar-refractivity contribution in [1.29, 1.82) is 0 Å². The highest BCUT2D eigenvalue weighted by Crippen LogP contribution is 2.36. The molecule has 2 heterocycles. The van der Waals surface area contributed by atoms with Gasteiger partial charge in [-0.15, -0.1) is 17.0 Å². The number of hydrogen-bond acceptors (Lipinski definition) is 5. The van der Waals surface area contributed by atoms with Crippen molar-refractivity contribution < 1.29 is 19.7 Å². The third-order valence-electron chi connectivity index (χ3n) is 5.72. The van der Waals surface area contributed by atoms with E-state index in [4.69, 9.17) is 4.74 Å². The van der Waals surface area contributed by atoms with E-state index in [1.165, 1.54) is 18.9 Å². The van der Waals surface area contributed by atoms with E-state index >= 15 is 0 Å². The first-order valence-electron chi connectivity index (χ1n) is 9.85. The number of piperidine rings is 1. The van der Waals surface area contributed by atoms with Gasteiger partial charge in [0.1, 0.15) is 18.1 Å². The predicted molar refractivity (Wildman–Crippen MR) is 117 cm³/mol. The van der Waals surface area contributed by atoms with Gasteiger partial charge in [-0.05, 0) is 67.3 Å². The maximum Gasteiger partial charge on any atom is 0.412 e. The minimum Gasteiger partial charge on any atom is -0.508 e. The molecule has 2 unspecified atom stereocenters. The average molecular weight is 463 g/mol. The summed E-state index contributed by atoms with van der Waals surface area (Å²) in [5.41, 5.74) is 1.90. The Labute approximate surface area is 181 Å². The van der Waals surface area contributed by atoms with Gasteiger partial charge >= 0.3 is 6.09 Å². The molecule has 1 amide bonds. The Morgan fingerprint density at radius 1 is 1.10 bits per heavy atom. The standard InChI is InChI=1S/C22H26N2O4.BrH/c25-19-5-1-3-14(12-19)13-28-22(27)24-20-6-2-4-16(21(20)26)9-15-10-17-7-8-18(11-15)23-17;/h1-6,12,15,17-18,23,25-26H,7-11,13H2,(H,24,27);1H. The van der Waals surface area contributed by atoms with Crippen LogP contribution in [-0.2, 0) is 17.8 Å². The zero-order valence-electron chi connectivity index (χ0n) is 16.1. The SMILES string of the molecule is Br.O=C(Nc1cccc(CC2CC3CCC(C2)N3)c1O)OCc1cccc(O)c1. The molecule has 4 rings (SSSR count). The molecule has 0 saturated carbocycles. The van der Waals surface area contributed by atoms with E-state index in [2.05, 4.69) is 10.6 Å². The van der Waals surface area contributed by atoms with E-state index < -0.39 is 6.09 Å². The predicted octanol–water partition coefficient (Wildman–Crippen LogP) is 4.50. The van der Waals surface area contributed by atoms with Gasteiger partial charge in [-0.25, -0.2) is 4.79 Å². The number of nitrogens with one attached hydrogen (secondary N) is 2. The molecular weight excluding hydrogens is 436 g/mol. The lowest BCUT2D eigenvalue weighted by Crippen LogP contribution is -2.38. The summed E-state index contributed by atoms with van der Waals surface area (Å²) in [7, 11) is 0. The van der Waals surface area contributed by atoms with Crippen molar-refractivity contribution in [2.24, 2.45) is 5.92 Å². The van der Waals surface area contributed by atoms with E-state index in [1.54, 1.807) is 24.3 Å². The molecule has 6 nitrogen and oxygen atoms in total. The van der Waals surface area contributed by atoms with E-state index in [0.29, 0.717) is 29.3 Å². The van der Waals surface area contributed by atoms with Crippen LogP contribution in [0, 0.1) is 5.92 Å². The quantitative estimate of drug-likeness (QED) is 0.491. The average Bonchev–Trinajstić information content (AvgIpc) is 3.02. The first-order valence-corrected chi connectivity index (χ1v) is 9.85. The molecule has 0 radical (unpaired) electrons. The van der Waals surface area contributed by atoms with E-state index in [-0.39, 0.29) is 35.1 Å². The van der Waals surface area contributed by atoms with E-state index in [1.807, 2.05) is 12.1 Å². The third kappa shape index (κ3) is 5.42. The summed E-state index contributed by atoms with van der Waals surface area (Å²) in [6.45, 7) is 0.0402. The normalized spacial score (nSPS) is 22.6. The summed E-state index contributed by atoms with van der Waals surface area (Å²) < 4.78 is 5.19. The summed E-state index contributed by atoms with van der Waals surface area (Å²) in [6, 6.07) is 13.2. The lowest BCUT2D eigenvalue weighted by atomic mass is 9.86. The summed E-state index contributed by atoms with van der Waals surface area (Å²) in [5.74, 6) is 0.790. The molecule has 2 fully saturated rings. The van der Waals surface area contributed by atoms with Crippen LogP contribution >= 0.6 is 17.0 Å². The van der Waals surface area contributed by atoms with Crippen LogP contribution in [0.2, 0.25) is 0 Å². The molecule has 2 aromatic carbocycles. The Kier molecular flexibility index (Phi) is 7.03. The van der Waals surface area contributed by atoms with E-state index in [0.717, 1.165) is 24.8 Å². The summed E-state index contributed by atoms with van der Waals surface area (Å²) in [4.78, 5) is 12.1. The number of fused-ring (bicyclic) bond motifs is 2. The second-order valence-electron chi connectivity index (χ2n) is 7.86. The number of hydrogen-bond donors (Lipinski definition) is 4. The van der Waals surface area contributed by atoms with Crippen LogP contribution in [0.1, 0.15) is 36.8 Å². The number of amides is 1.